The summed E-state index contributed by atoms with van der Waals surface area (Å²) in [6.07, 6.45) is 6.28. The summed E-state index contributed by atoms with van der Waals surface area (Å²) in [5.41, 5.74) is 0. The van der Waals surface area contributed by atoms with Crippen LogP contribution in [0.3, 0.4) is 0 Å². The first-order valence-corrected chi connectivity index (χ1v) is 9.17. The molecule has 2 atom stereocenters. The zero-order valence-electron chi connectivity index (χ0n) is 16.6. The van der Waals surface area contributed by atoms with Gasteiger partial charge in [0.05, 0.1) is 13.0 Å². The molecule has 6 nitrogen and oxygen atoms in total. The normalized spacial score (nSPS) is 20.6. The summed E-state index contributed by atoms with van der Waals surface area (Å²) < 4.78 is 4.90. The van der Waals surface area contributed by atoms with Crippen LogP contribution < -0.4 is 5.32 Å². The smallest absolute Gasteiger partial charge is 0.310 e. The van der Waals surface area contributed by atoms with Gasteiger partial charge in [0, 0.05) is 26.7 Å². The average Bonchev–Trinajstić information content (AvgIpc) is 2.94. The summed E-state index contributed by atoms with van der Waals surface area (Å²) in [6.45, 7) is 5.76. The van der Waals surface area contributed by atoms with Crippen molar-refractivity contribution >= 4 is 35.9 Å². The van der Waals surface area contributed by atoms with E-state index >= 15 is 0 Å². The predicted octanol–water partition coefficient (Wildman–Crippen LogP) is 2.43. The fourth-order valence-corrected chi connectivity index (χ4v) is 3.21. The Morgan fingerprint density at radius 2 is 1.84 bits per heavy atom. The van der Waals surface area contributed by atoms with Crippen LogP contribution in [0.5, 0.6) is 0 Å². The third-order valence-corrected chi connectivity index (χ3v) is 4.69. The number of aliphatic imine (C=N–C) groups is 1. The van der Waals surface area contributed by atoms with Crippen LogP contribution in [-0.2, 0) is 9.53 Å². The van der Waals surface area contributed by atoms with E-state index in [0.717, 1.165) is 25.5 Å². The first kappa shape index (κ1) is 24.4. The standard InChI is InChI=1S/C18H36N4O2.HI/c1-15-13-22(14-16(15)17(23)24-5)18(19-2)20-11-9-7-6-8-10-12-21(3)4;/h15-16H,6-14H2,1-5H3,(H,19,20);1H. The van der Waals surface area contributed by atoms with E-state index in [-0.39, 0.29) is 35.9 Å². The maximum absolute atomic E-state index is 11.8. The molecule has 0 aromatic carbocycles. The van der Waals surface area contributed by atoms with E-state index in [2.05, 4.69) is 41.1 Å². The molecule has 148 valence electrons. The minimum atomic E-state index is -0.113. The van der Waals surface area contributed by atoms with E-state index in [1.165, 1.54) is 39.3 Å². The van der Waals surface area contributed by atoms with Crippen LogP contribution in [-0.4, -0.2) is 76.2 Å². The lowest BCUT2D eigenvalue weighted by Crippen LogP contribution is -2.41. The lowest BCUT2D eigenvalue weighted by molar-refractivity contribution is -0.145. The van der Waals surface area contributed by atoms with Crippen molar-refractivity contribution in [3.63, 3.8) is 0 Å². The Kier molecular flexibility index (Phi) is 13.3. The number of carbonyl (C=O) groups is 1. The lowest BCUT2D eigenvalue weighted by atomic mass is 9.99. The van der Waals surface area contributed by atoms with Gasteiger partial charge in [0.1, 0.15) is 0 Å². The van der Waals surface area contributed by atoms with E-state index in [1.807, 2.05) is 0 Å². The summed E-state index contributed by atoms with van der Waals surface area (Å²) in [7, 11) is 7.52. The zero-order valence-corrected chi connectivity index (χ0v) is 18.9. The van der Waals surface area contributed by atoms with E-state index in [4.69, 9.17) is 4.74 Å². The summed E-state index contributed by atoms with van der Waals surface area (Å²) in [5, 5.41) is 3.43. The maximum atomic E-state index is 11.8. The minimum Gasteiger partial charge on any atom is -0.469 e. The van der Waals surface area contributed by atoms with Crippen LogP contribution in [0.25, 0.3) is 0 Å². The average molecular weight is 468 g/mol. The summed E-state index contributed by atoms with van der Waals surface area (Å²) in [5.74, 6) is 1.04. The van der Waals surface area contributed by atoms with Crippen molar-refractivity contribution in [2.45, 2.75) is 39.0 Å². The van der Waals surface area contributed by atoms with E-state index in [1.54, 1.807) is 7.05 Å². The highest BCUT2D eigenvalue weighted by molar-refractivity contribution is 14.0. The van der Waals surface area contributed by atoms with Crippen LogP contribution in [0.15, 0.2) is 4.99 Å². The minimum absolute atomic E-state index is 0. The second-order valence-electron chi connectivity index (χ2n) is 7.06. The monoisotopic (exact) mass is 468 g/mol. The predicted molar refractivity (Wildman–Crippen MR) is 115 cm³/mol. The van der Waals surface area contributed by atoms with Crippen molar-refractivity contribution in [1.82, 2.24) is 15.1 Å². The molecule has 0 saturated carbocycles. The molecular weight excluding hydrogens is 431 g/mol. The van der Waals surface area contributed by atoms with E-state index < -0.39 is 0 Å². The first-order valence-electron chi connectivity index (χ1n) is 9.17. The van der Waals surface area contributed by atoms with Crippen molar-refractivity contribution in [1.29, 1.82) is 0 Å². The van der Waals surface area contributed by atoms with Crippen molar-refractivity contribution in [3.8, 4) is 0 Å². The Morgan fingerprint density at radius 1 is 1.20 bits per heavy atom. The molecule has 0 amide bonds. The van der Waals surface area contributed by atoms with Gasteiger partial charge in [-0.2, -0.15) is 0 Å². The SMILES string of the molecule is CN=C(NCCCCCCCN(C)C)N1CC(C)C(C(=O)OC)C1.I. The van der Waals surface area contributed by atoms with E-state index in [0.29, 0.717) is 12.5 Å². The molecule has 0 spiro atoms. The topological polar surface area (TPSA) is 57.2 Å². The molecule has 25 heavy (non-hydrogen) atoms. The number of rotatable bonds is 9. The third kappa shape index (κ3) is 9.08. The van der Waals surface area contributed by atoms with Crippen LogP contribution >= 0.6 is 24.0 Å². The van der Waals surface area contributed by atoms with Crippen molar-refractivity contribution in [2.75, 3.05) is 54.4 Å². The van der Waals surface area contributed by atoms with Gasteiger partial charge in [-0.15, -0.1) is 24.0 Å². The number of guanidine groups is 1. The Morgan fingerprint density at radius 3 is 2.44 bits per heavy atom. The van der Waals surface area contributed by atoms with Crippen LogP contribution in [0.2, 0.25) is 0 Å². The number of nitrogens with one attached hydrogen (secondary N) is 1. The maximum Gasteiger partial charge on any atom is 0.310 e. The van der Waals surface area contributed by atoms with Gasteiger partial charge < -0.3 is 19.9 Å². The molecule has 1 aliphatic heterocycles. The number of carbonyl (C=O) groups excluding carboxylic acids is 1. The van der Waals surface area contributed by atoms with Crippen molar-refractivity contribution in [2.24, 2.45) is 16.8 Å². The molecule has 2 unspecified atom stereocenters. The molecule has 1 saturated heterocycles. The molecule has 1 N–H and O–H groups in total. The quantitative estimate of drug-likeness (QED) is 0.185. The van der Waals surface area contributed by atoms with Crippen LogP contribution in [0, 0.1) is 11.8 Å². The fourth-order valence-electron chi connectivity index (χ4n) is 3.21. The summed E-state index contributed by atoms with van der Waals surface area (Å²) in [6, 6.07) is 0. The first-order chi connectivity index (χ1) is 11.5. The van der Waals surface area contributed by atoms with Crippen molar-refractivity contribution in [3.05, 3.63) is 0 Å². The Hall–Kier alpha value is -0.570. The number of unbranched alkanes of at least 4 members (excludes halogenated alkanes) is 4. The molecule has 1 fully saturated rings. The molecule has 1 aliphatic rings. The molecular formula is C18H37IN4O2. The lowest BCUT2D eigenvalue weighted by Gasteiger charge is -2.21. The number of hydrogen-bond acceptors (Lipinski definition) is 4. The van der Waals surface area contributed by atoms with Crippen molar-refractivity contribution < 1.29 is 9.53 Å². The van der Waals surface area contributed by atoms with Gasteiger partial charge in [-0.3, -0.25) is 9.79 Å². The number of nitrogens with zero attached hydrogens (tertiary/aromatic N) is 3. The highest BCUT2D eigenvalue weighted by atomic mass is 127. The molecule has 1 heterocycles. The molecule has 1 rings (SSSR count). The largest absolute Gasteiger partial charge is 0.469 e. The molecule has 7 heteroatoms. The molecule has 0 radical (unpaired) electrons. The van der Waals surface area contributed by atoms with Crippen LogP contribution in [0.1, 0.15) is 39.0 Å². The van der Waals surface area contributed by atoms with Gasteiger partial charge in [-0.05, 0) is 39.4 Å². The van der Waals surface area contributed by atoms with Gasteiger partial charge in [-0.1, -0.05) is 26.2 Å². The highest BCUT2D eigenvalue weighted by Gasteiger charge is 2.36. The van der Waals surface area contributed by atoms with E-state index in [9.17, 15) is 4.79 Å². The number of hydrogen-bond donors (Lipinski definition) is 1. The zero-order chi connectivity index (χ0) is 17.9. The van der Waals surface area contributed by atoms with Gasteiger partial charge >= 0.3 is 5.97 Å². The molecule has 0 aromatic rings. The number of likely N-dealkylation sites (tertiary alicyclic amines) is 1. The number of methoxy groups -OCH3 is 1. The molecule has 0 aromatic heterocycles. The van der Waals surface area contributed by atoms with Crippen LogP contribution in [0.4, 0.5) is 0 Å². The number of ether oxygens (including phenoxy) is 1. The Bertz CT molecular complexity index is 405. The Labute approximate surface area is 170 Å². The number of esters is 1. The van der Waals surface area contributed by atoms with Gasteiger partial charge in [0.15, 0.2) is 5.96 Å². The Balaban J connectivity index is 0.00000576. The number of halogens is 1. The second-order valence-corrected chi connectivity index (χ2v) is 7.06. The van der Waals surface area contributed by atoms with Gasteiger partial charge in [0.2, 0.25) is 0 Å². The van der Waals surface area contributed by atoms with Gasteiger partial charge in [-0.25, -0.2) is 0 Å². The molecule has 0 bridgehead atoms. The highest BCUT2D eigenvalue weighted by Crippen LogP contribution is 2.24. The summed E-state index contributed by atoms with van der Waals surface area (Å²) in [4.78, 5) is 20.6. The second kappa shape index (κ2) is 13.6. The molecule has 0 aliphatic carbocycles. The third-order valence-electron chi connectivity index (χ3n) is 4.69. The summed E-state index contributed by atoms with van der Waals surface area (Å²) >= 11 is 0. The van der Waals surface area contributed by atoms with Gasteiger partial charge in [0.25, 0.3) is 0 Å². The fraction of sp³-hybridized carbons (Fsp3) is 0.889.